The normalized spacial score (nSPS) is 10.7. The molecule has 21 heavy (non-hydrogen) atoms. The second kappa shape index (κ2) is 6.51. The minimum absolute atomic E-state index is 0.192. The Kier molecular flexibility index (Phi) is 4.50. The molecule has 0 spiro atoms. The topological polar surface area (TPSA) is 92.4 Å². The van der Waals surface area contributed by atoms with Crippen LogP contribution in [0.2, 0.25) is 0 Å². The lowest BCUT2D eigenvalue weighted by Crippen LogP contribution is -2.22. The van der Waals surface area contributed by atoms with Gasteiger partial charge < -0.3 is 14.9 Å². The molecule has 1 amide bonds. The molecule has 0 saturated heterocycles. The maximum absolute atomic E-state index is 11.9. The summed E-state index contributed by atoms with van der Waals surface area (Å²) in [6.07, 6.45) is 4.04. The lowest BCUT2D eigenvalue weighted by molar-refractivity contribution is -0.131. The maximum atomic E-state index is 11.9. The predicted molar refractivity (Wildman–Crippen MR) is 75.5 cm³/mol. The molecular weight excluding hydrogens is 272 g/mol. The standard InChI is InChI=1S/C15H14N2O4/c1-10-8-17-21-14(10)15(20)16-9-12-4-2-3-11(7-12)5-6-13(18)19/h2-8H,9H2,1H3,(H,16,20)(H,18,19). The number of aryl methyl sites for hydroxylation is 1. The molecule has 0 radical (unpaired) electrons. The highest BCUT2D eigenvalue weighted by molar-refractivity contribution is 5.92. The van der Waals surface area contributed by atoms with Crippen LogP contribution in [0.3, 0.4) is 0 Å². The number of benzene rings is 1. The van der Waals surface area contributed by atoms with Gasteiger partial charge in [-0.05, 0) is 30.2 Å². The highest BCUT2D eigenvalue weighted by atomic mass is 16.5. The van der Waals surface area contributed by atoms with Crippen LogP contribution < -0.4 is 5.32 Å². The molecule has 6 nitrogen and oxygen atoms in total. The molecule has 0 bridgehead atoms. The Bertz CT molecular complexity index is 688. The fourth-order valence-electron chi connectivity index (χ4n) is 1.75. The van der Waals surface area contributed by atoms with Crippen LogP contribution in [0.15, 0.2) is 41.1 Å². The summed E-state index contributed by atoms with van der Waals surface area (Å²) < 4.78 is 4.86. The molecule has 1 aromatic heterocycles. The van der Waals surface area contributed by atoms with Crippen LogP contribution in [0, 0.1) is 6.92 Å². The zero-order chi connectivity index (χ0) is 15.2. The third-order valence-corrected chi connectivity index (χ3v) is 2.78. The van der Waals surface area contributed by atoms with Crippen LogP contribution in [0.5, 0.6) is 0 Å². The van der Waals surface area contributed by atoms with Gasteiger partial charge in [0.15, 0.2) is 0 Å². The first-order valence-electron chi connectivity index (χ1n) is 6.25. The van der Waals surface area contributed by atoms with Crippen molar-refractivity contribution in [2.75, 3.05) is 0 Å². The van der Waals surface area contributed by atoms with Crippen LogP contribution in [0.4, 0.5) is 0 Å². The first-order valence-corrected chi connectivity index (χ1v) is 6.25. The zero-order valence-corrected chi connectivity index (χ0v) is 11.4. The number of carboxylic acids is 1. The molecule has 2 rings (SSSR count). The number of carbonyl (C=O) groups excluding carboxylic acids is 1. The van der Waals surface area contributed by atoms with E-state index in [-0.39, 0.29) is 11.7 Å². The summed E-state index contributed by atoms with van der Waals surface area (Å²) >= 11 is 0. The van der Waals surface area contributed by atoms with Gasteiger partial charge in [0.25, 0.3) is 5.91 Å². The highest BCUT2D eigenvalue weighted by Crippen LogP contribution is 2.09. The van der Waals surface area contributed by atoms with Crippen molar-refractivity contribution >= 4 is 18.0 Å². The second-order valence-electron chi connectivity index (χ2n) is 4.44. The van der Waals surface area contributed by atoms with E-state index in [9.17, 15) is 9.59 Å². The smallest absolute Gasteiger partial charge is 0.328 e. The largest absolute Gasteiger partial charge is 0.478 e. The number of aromatic nitrogens is 1. The minimum atomic E-state index is -1.01. The van der Waals surface area contributed by atoms with E-state index in [1.54, 1.807) is 25.1 Å². The Balaban J connectivity index is 2.00. The average molecular weight is 286 g/mol. The predicted octanol–water partition coefficient (Wildman–Crippen LogP) is 2.01. The molecule has 1 aromatic carbocycles. The number of aliphatic carboxylic acids is 1. The Hall–Kier alpha value is -2.89. The van der Waals surface area contributed by atoms with Crippen LogP contribution in [0.25, 0.3) is 6.08 Å². The van der Waals surface area contributed by atoms with Gasteiger partial charge in [0.1, 0.15) is 0 Å². The van der Waals surface area contributed by atoms with E-state index in [2.05, 4.69) is 10.5 Å². The third-order valence-electron chi connectivity index (χ3n) is 2.78. The van der Waals surface area contributed by atoms with E-state index in [0.717, 1.165) is 17.2 Å². The van der Waals surface area contributed by atoms with E-state index < -0.39 is 5.97 Å². The lowest BCUT2D eigenvalue weighted by atomic mass is 10.1. The lowest BCUT2D eigenvalue weighted by Gasteiger charge is -2.04. The summed E-state index contributed by atoms with van der Waals surface area (Å²) in [7, 11) is 0. The molecule has 108 valence electrons. The Morgan fingerprint density at radius 2 is 2.24 bits per heavy atom. The molecule has 0 aliphatic heterocycles. The number of carboxylic acid groups (broad SMARTS) is 1. The molecule has 6 heteroatoms. The molecule has 2 N–H and O–H groups in total. The van der Waals surface area contributed by atoms with E-state index in [1.807, 2.05) is 6.07 Å². The third kappa shape index (κ3) is 4.04. The van der Waals surface area contributed by atoms with Gasteiger partial charge in [-0.15, -0.1) is 0 Å². The number of hydrogen-bond acceptors (Lipinski definition) is 4. The quantitative estimate of drug-likeness (QED) is 0.820. The van der Waals surface area contributed by atoms with E-state index in [1.165, 1.54) is 12.3 Å². The van der Waals surface area contributed by atoms with Crippen molar-refractivity contribution in [1.29, 1.82) is 0 Å². The maximum Gasteiger partial charge on any atom is 0.328 e. The van der Waals surface area contributed by atoms with Gasteiger partial charge in [0.2, 0.25) is 5.76 Å². The van der Waals surface area contributed by atoms with Crippen LogP contribution >= 0.6 is 0 Å². The molecular formula is C15H14N2O4. The number of amides is 1. The molecule has 0 saturated carbocycles. The number of hydrogen-bond donors (Lipinski definition) is 2. The summed E-state index contributed by atoms with van der Waals surface area (Å²) in [6.45, 7) is 2.05. The summed E-state index contributed by atoms with van der Waals surface area (Å²) in [5.74, 6) is -1.15. The fraction of sp³-hybridized carbons (Fsp3) is 0.133. The number of rotatable bonds is 5. The summed E-state index contributed by atoms with van der Waals surface area (Å²) in [6, 6.07) is 7.21. The average Bonchev–Trinajstić information content (AvgIpc) is 2.89. The molecule has 2 aromatic rings. The SMILES string of the molecule is Cc1cnoc1C(=O)NCc1cccc(C=CC(=O)O)c1. The summed E-state index contributed by atoms with van der Waals surface area (Å²) in [5, 5.41) is 14.9. The van der Waals surface area contributed by atoms with Crippen molar-refractivity contribution in [3.8, 4) is 0 Å². The second-order valence-corrected chi connectivity index (χ2v) is 4.44. The first-order chi connectivity index (χ1) is 10.1. The summed E-state index contributed by atoms with van der Waals surface area (Å²) in [5.41, 5.74) is 2.28. The van der Waals surface area contributed by atoms with Crippen molar-refractivity contribution in [1.82, 2.24) is 10.5 Å². The molecule has 0 atom stereocenters. The first kappa shape index (κ1) is 14.5. The Morgan fingerprint density at radius 1 is 1.43 bits per heavy atom. The monoisotopic (exact) mass is 286 g/mol. The minimum Gasteiger partial charge on any atom is -0.478 e. The van der Waals surface area contributed by atoms with Crippen molar-refractivity contribution in [2.24, 2.45) is 0 Å². The van der Waals surface area contributed by atoms with Gasteiger partial charge in [-0.1, -0.05) is 23.4 Å². The van der Waals surface area contributed by atoms with Crippen LogP contribution in [-0.4, -0.2) is 22.1 Å². The number of nitrogens with one attached hydrogen (secondary N) is 1. The summed E-state index contributed by atoms with van der Waals surface area (Å²) in [4.78, 5) is 22.3. The van der Waals surface area contributed by atoms with Gasteiger partial charge in [0, 0.05) is 18.2 Å². The highest BCUT2D eigenvalue weighted by Gasteiger charge is 2.13. The van der Waals surface area contributed by atoms with Gasteiger partial charge in [-0.25, -0.2) is 4.79 Å². The van der Waals surface area contributed by atoms with E-state index >= 15 is 0 Å². The molecule has 0 aliphatic rings. The van der Waals surface area contributed by atoms with Gasteiger partial charge in [-0.3, -0.25) is 4.79 Å². The van der Waals surface area contributed by atoms with Crippen molar-refractivity contribution in [3.05, 3.63) is 59.0 Å². The van der Waals surface area contributed by atoms with Crippen LogP contribution in [0.1, 0.15) is 27.2 Å². The molecule has 0 unspecified atom stereocenters. The Labute approximate surface area is 121 Å². The van der Waals surface area contributed by atoms with E-state index in [0.29, 0.717) is 12.1 Å². The van der Waals surface area contributed by atoms with Gasteiger partial charge in [0.05, 0.1) is 6.20 Å². The van der Waals surface area contributed by atoms with Gasteiger partial charge in [-0.2, -0.15) is 0 Å². The van der Waals surface area contributed by atoms with Gasteiger partial charge >= 0.3 is 5.97 Å². The van der Waals surface area contributed by atoms with E-state index in [4.69, 9.17) is 9.63 Å². The molecule has 0 fully saturated rings. The van der Waals surface area contributed by atoms with Crippen LogP contribution in [-0.2, 0) is 11.3 Å². The number of nitrogens with zero attached hydrogens (tertiary/aromatic N) is 1. The van der Waals surface area contributed by atoms with Crippen molar-refractivity contribution < 1.29 is 19.2 Å². The fourth-order valence-corrected chi connectivity index (χ4v) is 1.75. The molecule has 1 heterocycles. The van der Waals surface area contributed by atoms with Crippen molar-refractivity contribution in [2.45, 2.75) is 13.5 Å². The van der Waals surface area contributed by atoms with Crippen molar-refractivity contribution in [3.63, 3.8) is 0 Å². The molecule has 0 aliphatic carbocycles. The number of carbonyl (C=O) groups is 2. The zero-order valence-electron chi connectivity index (χ0n) is 11.4. The Morgan fingerprint density at radius 3 is 2.90 bits per heavy atom.